The van der Waals surface area contributed by atoms with Crippen molar-refractivity contribution in [3.63, 3.8) is 0 Å². The molecule has 2 aromatic rings. The Balaban J connectivity index is 2.16. The number of methoxy groups -OCH3 is 2. The minimum atomic E-state index is -0.463. The van der Waals surface area contributed by atoms with Crippen LogP contribution in [0.25, 0.3) is 0 Å². The van der Waals surface area contributed by atoms with E-state index in [1.165, 1.54) is 14.2 Å². The molecule has 0 aromatic heterocycles. The Morgan fingerprint density at radius 2 is 1.58 bits per heavy atom. The van der Waals surface area contributed by atoms with E-state index in [1.807, 2.05) is 0 Å². The first-order valence-electron chi connectivity index (χ1n) is 6.74. The molecule has 0 atom stereocenters. The SMILES string of the molecule is COc1cccc(OC)c1C(=O)NC(=S)Nc1cc(Cl)cc(Cl)c1. The fourth-order valence-corrected chi connectivity index (χ4v) is 2.77. The summed E-state index contributed by atoms with van der Waals surface area (Å²) in [5.41, 5.74) is 0.806. The van der Waals surface area contributed by atoms with Crippen LogP contribution in [-0.4, -0.2) is 25.2 Å². The van der Waals surface area contributed by atoms with Gasteiger partial charge in [-0.25, -0.2) is 0 Å². The van der Waals surface area contributed by atoms with Crippen LogP contribution in [0.4, 0.5) is 5.69 Å². The van der Waals surface area contributed by atoms with E-state index in [9.17, 15) is 4.79 Å². The molecule has 24 heavy (non-hydrogen) atoms. The molecule has 126 valence electrons. The Labute approximate surface area is 154 Å². The molecule has 0 bridgehead atoms. The monoisotopic (exact) mass is 384 g/mol. The Morgan fingerprint density at radius 1 is 1.04 bits per heavy atom. The number of ether oxygens (including phenoxy) is 2. The molecule has 0 saturated carbocycles. The summed E-state index contributed by atoms with van der Waals surface area (Å²) in [6.45, 7) is 0. The average molecular weight is 385 g/mol. The number of thiocarbonyl (C=S) groups is 1. The highest BCUT2D eigenvalue weighted by Gasteiger charge is 2.19. The van der Waals surface area contributed by atoms with Crippen molar-refractivity contribution >= 4 is 52.1 Å². The van der Waals surface area contributed by atoms with Gasteiger partial charge < -0.3 is 14.8 Å². The molecule has 1 amide bonds. The summed E-state index contributed by atoms with van der Waals surface area (Å²) in [4.78, 5) is 12.5. The molecule has 0 heterocycles. The smallest absolute Gasteiger partial charge is 0.264 e. The number of carbonyl (C=O) groups is 1. The molecular formula is C16H14Cl2N2O3S. The summed E-state index contributed by atoms with van der Waals surface area (Å²) >= 11 is 17.0. The predicted octanol–water partition coefficient (Wildman–Crippen LogP) is 4.14. The maximum Gasteiger partial charge on any atom is 0.264 e. The lowest BCUT2D eigenvalue weighted by Gasteiger charge is -2.14. The Hall–Kier alpha value is -2.02. The van der Waals surface area contributed by atoms with Gasteiger partial charge in [0.2, 0.25) is 0 Å². The van der Waals surface area contributed by atoms with Gasteiger partial charge in [0.05, 0.1) is 14.2 Å². The summed E-state index contributed by atoms with van der Waals surface area (Å²) in [6.07, 6.45) is 0. The van der Waals surface area contributed by atoms with Gasteiger partial charge in [-0.1, -0.05) is 29.3 Å². The van der Waals surface area contributed by atoms with E-state index >= 15 is 0 Å². The van der Waals surface area contributed by atoms with Gasteiger partial charge in [0.1, 0.15) is 17.1 Å². The number of anilines is 1. The Kier molecular flexibility index (Phi) is 6.25. The average Bonchev–Trinajstić information content (AvgIpc) is 2.52. The molecule has 0 radical (unpaired) electrons. The molecule has 8 heteroatoms. The van der Waals surface area contributed by atoms with Crippen molar-refractivity contribution < 1.29 is 14.3 Å². The number of hydrogen-bond donors (Lipinski definition) is 2. The zero-order valence-electron chi connectivity index (χ0n) is 12.9. The predicted molar refractivity (Wildman–Crippen MR) is 99.7 cm³/mol. The number of amides is 1. The number of rotatable bonds is 4. The van der Waals surface area contributed by atoms with Crippen LogP contribution in [0, 0.1) is 0 Å². The first-order chi connectivity index (χ1) is 11.4. The molecule has 2 aromatic carbocycles. The first kappa shape index (κ1) is 18.3. The van der Waals surface area contributed by atoms with Gasteiger partial charge in [-0.2, -0.15) is 0 Å². The van der Waals surface area contributed by atoms with Crippen LogP contribution in [0.2, 0.25) is 10.0 Å². The van der Waals surface area contributed by atoms with Crippen LogP contribution in [-0.2, 0) is 0 Å². The summed E-state index contributed by atoms with van der Waals surface area (Å²) < 4.78 is 10.4. The third-order valence-corrected chi connectivity index (χ3v) is 3.64. The van der Waals surface area contributed by atoms with Crippen LogP contribution in [0.1, 0.15) is 10.4 Å². The molecule has 5 nitrogen and oxygen atoms in total. The quantitative estimate of drug-likeness (QED) is 0.775. The molecule has 0 spiro atoms. The zero-order valence-corrected chi connectivity index (χ0v) is 15.2. The summed E-state index contributed by atoms with van der Waals surface area (Å²) in [5.74, 6) is 0.288. The van der Waals surface area contributed by atoms with Crippen molar-refractivity contribution in [2.75, 3.05) is 19.5 Å². The Bertz CT molecular complexity index is 741. The van der Waals surface area contributed by atoms with Crippen molar-refractivity contribution in [2.45, 2.75) is 0 Å². The molecule has 2 N–H and O–H groups in total. The largest absolute Gasteiger partial charge is 0.496 e. The summed E-state index contributed by atoms with van der Waals surface area (Å²) in [5, 5.41) is 6.40. The number of nitrogens with one attached hydrogen (secondary N) is 2. The lowest BCUT2D eigenvalue weighted by molar-refractivity contribution is 0.0971. The van der Waals surface area contributed by atoms with Crippen molar-refractivity contribution in [1.82, 2.24) is 5.32 Å². The summed E-state index contributed by atoms with van der Waals surface area (Å²) in [6, 6.07) is 9.90. The van der Waals surface area contributed by atoms with E-state index in [0.717, 1.165) is 0 Å². The topological polar surface area (TPSA) is 59.6 Å². The molecular weight excluding hydrogens is 371 g/mol. The lowest BCUT2D eigenvalue weighted by atomic mass is 10.1. The first-order valence-corrected chi connectivity index (χ1v) is 7.90. The lowest BCUT2D eigenvalue weighted by Crippen LogP contribution is -2.34. The van der Waals surface area contributed by atoms with Crippen molar-refractivity contribution in [1.29, 1.82) is 0 Å². The third kappa shape index (κ3) is 4.50. The zero-order chi connectivity index (χ0) is 17.7. The second-order valence-corrected chi connectivity index (χ2v) is 5.89. The Morgan fingerprint density at radius 3 is 2.08 bits per heavy atom. The maximum absolute atomic E-state index is 12.5. The van der Waals surface area contributed by atoms with Crippen LogP contribution in [0.15, 0.2) is 36.4 Å². The highest BCUT2D eigenvalue weighted by molar-refractivity contribution is 7.80. The van der Waals surface area contributed by atoms with E-state index in [1.54, 1.807) is 36.4 Å². The normalized spacial score (nSPS) is 10.0. The fourth-order valence-electron chi connectivity index (χ4n) is 2.03. The van der Waals surface area contributed by atoms with E-state index in [0.29, 0.717) is 27.2 Å². The van der Waals surface area contributed by atoms with Crippen LogP contribution in [0.3, 0.4) is 0 Å². The maximum atomic E-state index is 12.5. The van der Waals surface area contributed by atoms with Crippen LogP contribution < -0.4 is 20.1 Å². The fraction of sp³-hybridized carbons (Fsp3) is 0.125. The van der Waals surface area contributed by atoms with Gasteiger partial charge in [0.15, 0.2) is 5.11 Å². The van der Waals surface area contributed by atoms with Crippen molar-refractivity contribution in [3.8, 4) is 11.5 Å². The number of halogens is 2. The molecule has 0 aliphatic heterocycles. The van der Waals surface area contributed by atoms with E-state index in [4.69, 9.17) is 44.9 Å². The minimum Gasteiger partial charge on any atom is -0.496 e. The molecule has 0 unspecified atom stereocenters. The highest BCUT2D eigenvalue weighted by Crippen LogP contribution is 2.28. The van der Waals surface area contributed by atoms with Crippen LogP contribution >= 0.6 is 35.4 Å². The van der Waals surface area contributed by atoms with Crippen molar-refractivity contribution in [2.24, 2.45) is 0 Å². The van der Waals surface area contributed by atoms with Gasteiger partial charge in [-0.3, -0.25) is 10.1 Å². The van der Waals surface area contributed by atoms with Gasteiger partial charge in [-0.05, 0) is 42.5 Å². The molecule has 0 aliphatic rings. The van der Waals surface area contributed by atoms with E-state index in [-0.39, 0.29) is 10.7 Å². The van der Waals surface area contributed by atoms with E-state index < -0.39 is 5.91 Å². The molecule has 0 saturated heterocycles. The number of carbonyl (C=O) groups excluding carboxylic acids is 1. The van der Waals surface area contributed by atoms with Gasteiger partial charge in [0.25, 0.3) is 5.91 Å². The van der Waals surface area contributed by atoms with Gasteiger partial charge >= 0.3 is 0 Å². The molecule has 2 rings (SSSR count). The second-order valence-electron chi connectivity index (χ2n) is 4.60. The van der Waals surface area contributed by atoms with Gasteiger partial charge in [0, 0.05) is 15.7 Å². The van der Waals surface area contributed by atoms with Crippen LogP contribution in [0.5, 0.6) is 11.5 Å². The van der Waals surface area contributed by atoms with E-state index in [2.05, 4.69) is 10.6 Å². The van der Waals surface area contributed by atoms with Gasteiger partial charge in [-0.15, -0.1) is 0 Å². The standard InChI is InChI=1S/C16H14Cl2N2O3S/c1-22-12-4-3-5-13(23-2)14(12)15(21)20-16(24)19-11-7-9(17)6-10(18)8-11/h3-8H,1-2H3,(H2,19,20,21,24). The summed E-state index contributed by atoms with van der Waals surface area (Å²) in [7, 11) is 2.94. The second kappa shape index (κ2) is 8.19. The third-order valence-electron chi connectivity index (χ3n) is 3.00. The highest BCUT2D eigenvalue weighted by atomic mass is 35.5. The molecule has 0 aliphatic carbocycles. The minimum absolute atomic E-state index is 0.0892. The van der Waals surface area contributed by atoms with Crippen molar-refractivity contribution in [3.05, 3.63) is 52.0 Å². The molecule has 0 fully saturated rings. The number of hydrogen-bond acceptors (Lipinski definition) is 4. The number of benzene rings is 2.